The van der Waals surface area contributed by atoms with Gasteiger partial charge in [0, 0.05) is 38.2 Å². The molecule has 2 aliphatic rings. The van der Waals surface area contributed by atoms with Crippen molar-refractivity contribution in [3.8, 4) is 0 Å². The summed E-state index contributed by atoms with van der Waals surface area (Å²) in [6, 6.07) is 0. The number of nitrogens with zero attached hydrogens (tertiary/aromatic N) is 4. The molecule has 0 unspecified atom stereocenters. The Labute approximate surface area is 170 Å². The SMILES string of the molecule is CCCCCCCCS(=O)(=O)N1CCc2nc(C)nc(N3CCCCC3)c2C1. The predicted molar refractivity (Wildman–Crippen MR) is 114 cm³/mol. The van der Waals surface area contributed by atoms with Crippen molar-refractivity contribution >= 4 is 15.8 Å². The van der Waals surface area contributed by atoms with Crippen LogP contribution in [0.15, 0.2) is 0 Å². The van der Waals surface area contributed by atoms with Crippen LogP contribution in [-0.2, 0) is 23.0 Å². The molecule has 158 valence electrons. The van der Waals surface area contributed by atoms with E-state index in [0.29, 0.717) is 19.5 Å². The molecule has 28 heavy (non-hydrogen) atoms. The maximum Gasteiger partial charge on any atom is 0.214 e. The summed E-state index contributed by atoms with van der Waals surface area (Å²) in [6.07, 6.45) is 10.9. The number of rotatable bonds is 9. The van der Waals surface area contributed by atoms with Crippen LogP contribution in [0.2, 0.25) is 0 Å². The normalized spacial score (nSPS) is 18.3. The second-order valence-electron chi connectivity index (χ2n) is 8.23. The summed E-state index contributed by atoms with van der Waals surface area (Å²) in [6.45, 7) is 7.12. The lowest BCUT2D eigenvalue weighted by Crippen LogP contribution is -2.40. The molecule has 1 aromatic heterocycles. The first-order valence-corrected chi connectivity index (χ1v) is 12.7. The molecule has 0 bridgehead atoms. The Kier molecular flexibility index (Phi) is 7.69. The van der Waals surface area contributed by atoms with Gasteiger partial charge in [0.15, 0.2) is 0 Å². The van der Waals surface area contributed by atoms with Crippen LogP contribution in [0.4, 0.5) is 5.82 Å². The fraction of sp³-hybridized carbons (Fsp3) is 0.810. The van der Waals surface area contributed by atoms with E-state index in [-0.39, 0.29) is 5.75 Å². The Hall–Kier alpha value is -1.21. The highest BCUT2D eigenvalue weighted by molar-refractivity contribution is 7.89. The van der Waals surface area contributed by atoms with Crippen molar-refractivity contribution < 1.29 is 8.42 Å². The van der Waals surface area contributed by atoms with Crippen molar-refractivity contribution in [1.82, 2.24) is 14.3 Å². The van der Waals surface area contributed by atoms with E-state index in [9.17, 15) is 8.42 Å². The van der Waals surface area contributed by atoms with E-state index in [1.54, 1.807) is 4.31 Å². The number of unbranched alkanes of at least 4 members (excludes halogenated alkanes) is 5. The highest BCUT2D eigenvalue weighted by Crippen LogP contribution is 2.30. The van der Waals surface area contributed by atoms with Crippen LogP contribution in [0.25, 0.3) is 0 Å². The van der Waals surface area contributed by atoms with Gasteiger partial charge in [-0.15, -0.1) is 0 Å². The summed E-state index contributed by atoms with van der Waals surface area (Å²) in [4.78, 5) is 11.7. The zero-order valence-electron chi connectivity index (χ0n) is 17.6. The summed E-state index contributed by atoms with van der Waals surface area (Å²) in [5.41, 5.74) is 2.07. The van der Waals surface area contributed by atoms with E-state index < -0.39 is 10.0 Å². The van der Waals surface area contributed by atoms with E-state index in [2.05, 4.69) is 16.8 Å². The number of aromatic nitrogens is 2. The van der Waals surface area contributed by atoms with Crippen LogP contribution < -0.4 is 4.90 Å². The van der Waals surface area contributed by atoms with Gasteiger partial charge in [0.25, 0.3) is 0 Å². The minimum absolute atomic E-state index is 0.264. The molecule has 1 saturated heterocycles. The maximum absolute atomic E-state index is 12.9. The molecule has 3 rings (SSSR count). The van der Waals surface area contributed by atoms with Gasteiger partial charge in [-0.1, -0.05) is 39.0 Å². The summed E-state index contributed by atoms with van der Waals surface area (Å²) < 4.78 is 27.5. The molecule has 0 aliphatic carbocycles. The number of hydrogen-bond acceptors (Lipinski definition) is 5. The fourth-order valence-corrected chi connectivity index (χ4v) is 5.81. The first-order chi connectivity index (χ1) is 13.5. The average Bonchev–Trinajstić information content (AvgIpc) is 2.70. The van der Waals surface area contributed by atoms with Gasteiger partial charge >= 0.3 is 0 Å². The highest BCUT2D eigenvalue weighted by Gasteiger charge is 2.31. The van der Waals surface area contributed by atoms with E-state index >= 15 is 0 Å². The molecule has 0 saturated carbocycles. The highest BCUT2D eigenvalue weighted by atomic mass is 32.2. The first-order valence-electron chi connectivity index (χ1n) is 11.1. The molecule has 0 amide bonds. The molecular formula is C21H36N4O2S. The Balaban J connectivity index is 1.67. The zero-order valence-corrected chi connectivity index (χ0v) is 18.4. The number of aryl methyl sites for hydroxylation is 1. The Morgan fingerprint density at radius 2 is 1.64 bits per heavy atom. The van der Waals surface area contributed by atoms with Gasteiger partial charge in [-0.2, -0.15) is 4.31 Å². The molecule has 6 nitrogen and oxygen atoms in total. The van der Waals surface area contributed by atoms with Crippen LogP contribution in [-0.4, -0.2) is 48.1 Å². The third kappa shape index (κ3) is 5.44. The van der Waals surface area contributed by atoms with Gasteiger partial charge in [-0.05, 0) is 32.6 Å². The Morgan fingerprint density at radius 3 is 2.39 bits per heavy atom. The van der Waals surface area contributed by atoms with Crippen LogP contribution in [0.1, 0.15) is 81.8 Å². The molecule has 0 radical (unpaired) electrons. The molecule has 7 heteroatoms. The molecule has 0 spiro atoms. The van der Waals surface area contributed by atoms with Gasteiger partial charge < -0.3 is 4.90 Å². The van der Waals surface area contributed by atoms with E-state index in [0.717, 1.165) is 55.3 Å². The lowest BCUT2D eigenvalue weighted by molar-refractivity contribution is 0.384. The summed E-state index contributed by atoms with van der Waals surface area (Å²) in [5.74, 6) is 2.03. The van der Waals surface area contributed by atoms with Crippen molar-refractivity contribution in [1.29, 1.82) is 0 Å². The largest absolute Gasteiger partial charge is 0.356 e. The monoisotopic (exact) mass is 408 g/mol. The smallest absolute Gasteiger partial charge is 0.214 e. The number of sulfonamides is 1. The van der Waals surface area contributed by atoms with Gasteiger partial charge in [0.1, 0.15) is 11.6 Å². The second kappa shape index (κ2) is 10.0. The Bertz CT molecular complexity index is 745. The molecular weight excluding hydrogens is 372 g/mol. The molecule has 0 aromatic carbocycles. The van der Waals surface area contributed by atoms with Crippen LogP contribution in [0, 0.1) is 6.92 Å². The molecule has 2 aliphatic heterocycles. The lowest BCUT2D eigenvalue weighted by Gasteiger charge is -2.34. The van der Waals surface area contributed by atoms with Gasteiger partial charge in [0.2, 0.25) is 10.0 Å². The van der Waals surface area contributed by atoms with Crippen LogP contribution >= 0.6 is 0 Å². The third-order valence-corrected chi connectivity index (χ3v) is 7.82. The number of fused-ring (bicyclic) bond motifs is 1. The van der Waals surface area contributed by atoms with Gasteiger partial charge in [0.05, 0.1) is 11.4 Å². The van der Waals surface area contributed by atoms with Crippen LogP contribution in [0.5, 0.6) is 0 Å². The quantitative estimate of drug-likeness (QED) is 0.581. The van der Waals surface area contributed by atoms with Crippen molar-refractivity contribution in [2.24, 2.45) is 0 Å². The van der Waals surface area contributed by atoms with Crippen LogP contribution in [0.3, 0.4) is 0 Å². The predicted octanol–water partition coefficient (Wildman–Crippen LogP) is 3.82. The van der Waals surface area contributed by atoms with Crippen molar-refractivity contribution in [2.45, 2.75) is 84.6 Å². The van der Waals surface area contributed by atoms with E-state index in [1.165, 1.54) is 38.5 Å². The number of hydrogen-bond donors (Lipinski definition) is 0. The third-order valence-electron chi connectivity index (χ3n) is 5.92. The fourth-order valence-electron chi connectivity index (χ4n) is 4.29. The molecule has 1 fully saturated rings. The van der Waals surface area contributed by atoms with E-state index in [4.69, 9.17) is 4.98 Å². The standard InChI is InChI=1S/C21H36N4O2S/c1-3-4-5-6-7-11-16-28(26,27)25-15-12-20-19(17-25)21(23-18(2)22-20)24-13-9-8-10-14-24/h3-17H2,1-2H3. The topological polar surface area (TPSA) is 66.4 Å². The molecule has 0 N–H and O–H groups in total. The maximum atomic E-state index is 12.9. The van der Waals surface area contributed by atoms with Gasteiger partial charge in [-0.25, -0.2) is 18.4 Å². The van der Waals surface area contributed by atoms with Crippen molar-refractivity contribution in [3.05, 3.63) is 17.1 Å². The lowest BCUT2D eigenvalue weighted by atomic mass is 10.1. The van der Waals surface area contributed by atoms with E-state index in [1.807, 2.05) is 6.92 Å². The summed E-state index contributed by atoms with van der Waals surface area (Å²) in [7, 11) is -3.22. The summed E-state index contributed by atoms with van der Waals surface area (Å²) in [5, 5.41) is 0. The van der Waals surface area contributed by atoms with Gasteiger partial charge in [-0.3, -0.25) is 0 Å². The van der Waals surface area contributed by atoms with Crippen molar-refractivity contribution in [2.75, 3.05) is 30.3 Å². The minimum Gasteiger partial charge on any atom is -0.356 e. The Morgan fingerprint density at radius 1 is 0.929 bits per heavy atom. The second-order valence-corrected chi connectivity index (χ2v) is 10.3. The van der Waals surface area contributed by atoms with Crippen molar-refractivity contribution in [3.63, 3.8) is 0 Å². The zero-order chi connectivity index (χ0) is 20.0. The first kappa shape index (κ1) is 21.5. The molecule has 0 atom stereocenters. The average molecular weight is 409 g/mol. The summed E-state index contributed by atoms with van der Waals surface area (Å²) >= 11 is 0. The molecule has 1 aromatic rings. The number of anilines is 1. The number of piperidine rings is 1. The minimum atomic E-state index is -3.22. The molecule has 3 heterocycles.